The number of hydrogen-bond donors (Lipinski definition) is 0. The first-order valence-electron chi connectivity index (χ1n) is 8.74. The van der Waals surface area contributed by atoms with Crippen LogP contribution in [0.25, 0.3) is 6.08 Å². The Morgan fingerprint density at radius 3 is 2.38 bits per heavy atom. The largest absolute Gasteiger partial charge is 0.541 e. The van der Waals surface area contributed by atoms with Crippen molar-refractivity contribution < 1.29 is 23.5 Å². The van der Waals surface area contributed by atoms with Crippen molar-refractivity contribution in [2.75, 3.05) is 13.7 Å². The van der Waals surface area contributed by atoms with Gasteiger partial charge in [0.2, 0.25) is 0 Å². The third-order valence-corrected chi connectivity index (χ3v) is 8.79. The number of rotatable bonds is 8. The molecule has 0 bridgehead atoms. The minimum absolute atomic E-state index is 0.0224. The SMILES string of the molecule is CCOC(=O)CC(=O)/C=C/c1cccc(OC)c1O[Si](C)(C)C(C)(C)C. The summed E-state index contributed by atoms with van der Waals surface area (Å²) in [7, 11) is -0.500. The van der Waals surface area contributed by atoms with Crippen LogP contribution in [-0.2, 0) is 14.3 Å². The van der Waals surface area contributed by atoms with E-state index in [1.807, 2.05) is 18.2 Å². The highest BCUT2D eigenvalue weighted by Gasteiger charge is 2.39. The monoisotopic (exact) mass is 378 g/mol. The van der Waals surface area contributed by atoms with E-state index in [0.29, 0.717) is 11.5 Å². The first kappa shape index (κ1) is 22.0. The number of methoxy groups -OCH3 is 1. The van der Waals surface area contributed by atoms with E-state index in [0.717, 1.165) is 5.56 Å². The van der Waals surface area contributed by atoms with Crippen molar-refractivity contribution in [1.82, 2.24) is 0 Å². The molecular weight excluding hydrogens is 348 g/mol. The lowest BCUT2D eigenvalue weighted by Crippen LogP contribution is -2.44. The van der Waals surface area contributed by atoms with Gasteiger partial charge in [-0.2, -0.15) is 0 Å². The molecule has 1 aromatic carbocycles. The van der Waals surface area contributed by atoms with Crippen LogP contribution in [-0.4, -0.2) is 33.8 Å². The lowest BCUT2D eigenvalue weighted by molar-refractivity contribution is -0.144. The fraction of sp³-hybridized carbons (Fsp3) is 0.500. The Bertz CT molecular complexity index is 671. The number of benzene rings is 1. The molecule has 0 N–H and O–H groups in total. The lowest BCUT2D eigenvalue weighted by atomic mass is 10.1. The molecule has 144 valence electrons. The number of para-hydroxylation sites is 1. The van der Waals surface area contributed by atoms with E-state index in [9.17, 15) is 9.59 Å². The predicted molar refractivity (Wildman–Crippen MR) is 106 cm³/mol. The van der Waals surface area contributed by atoms with Crippen molar-refractivity contribution in [2.45, 2.75) is 52.2 Å². The molecule has 1 rings (SSSR count). The molecule has 0 amide bonds. The van der Waals surface area contributed by atoms with Gasteiger partial charge in [0.1, 0.15) is 6.42 Å². The standard InChI is InChI=1S/C20H30O5Si/c1-8-24-18(22)14-16(21)13-12-15-10-9-11-17(23-5)19(15)25-26(6,7)20(2,3)4/h9-13H,8,14H2,1-7H3/b13-12+. The molecule has 0 atom stereocenters. The second-order valence-corrected chi connectivity index (χ2v) is 12.2. The third-order valence-electron chi connectivity index (χ3n) is 4.47. The summed E-state index contributed by atoms with van der Waals surface area (Å²) in [5, 5.41) is 0.0224. The average molecular weight is 379 g/mol. The molecule has 0 heterocycles. The second-order valence-electron chi connectivity index (χ2n) is 7.52. The Morgan fingerprint density at radius 2 is 1.85 bits per heavy atom. The summed E-state index contributed by atoms with van der Waals surface area (Å²) in [5.74, 6) is 0.409. The van der Waals surface area contributed by atoms with Gasteiger partial charge in [-0.25, -0.2) is 0 Å². The summed E-state index contributed by atoms with van der Waals surface area (Å²) < 4.78 is 16.7. The normalized spacial score (nSPS) is 12.1. The fourth-order valence-electron chi connectivity index (χ4n) is 1.94. The van der Waals surface area contributed by atoms with Gasteiger partial charge in [0.25, 0.3) is 8.32 Å². The zero-order valence-electron chi connectivity index (χ0n) is 16.8. The fourth-order valence-corrected chi connectivity index (χ4v) is 2.97. The highest BCUT2D eigenvalue weighted by atomic mass is 28.4. The van der Waals surface area contributed by atoms with Crippen LogP contribution in [0.15, 0.2) is 24.3 Å². The quantitative estimate of drug-likeness (QED) is 0.286. The smallest absolute Gasteiger partial charge is 0.313 e. The number of ether oxygens (including phenoxy) is 2. The molecule has 0 aromatic heterocycles. The van der Waals surface area contributed by atoms with Crippen molar-refractivity contribution in [2.24, 2.45) is 0 Å². The number of allylic oxidation sites excluding steroid dienone is 1. The summed E-state index contributed by atoms with van der Waals surface area (Å²) in [6, 6.07) is 5.53. The van der Waals surface area contributed by atoms with Crippen molar-refractivity contribution in [1.29, 1.82) is 0 Å². The van der Waals surface area contributed by atoms with Gasteiger partial charge in [-0.05, 0) is 43.3 Å². The van der Waals surface area contributed by atoms with Crippen LogP contribution >= 0.6 is 0 Å². The number of carbonyl (C=O) groups excluding carboxylic acids is 2. The lowest BCUT2D eigenvalue weighted by Gasteiger charge is -2.37. The van der Waals surface area contributed by atoms with E-state index in [2.05, 4.69) is 33.9 Å². The van der Waals surface area contributed by atoms with Crippen LogP contribution < -0.4 is 9.16 Å². The maximum atomic E-state index is 12.0. The highest BCUT2D eigenvalue weighted by molar-refractivity contribution is 6.74. The summed E-state index contributed by atoms with van der Waals surface area (Å²) in [6.45, 7) is 12.7. The Morgan fingerprint density at radius 1 is 1.19 bits per heavy atom. The van der Waals surface area contributed by atoms with Crippen molar-refractivity contribution in [3.8, 4) is 11.5 Å². The van der Waals surface area contributed by atoms with E-state index in [1.165, 1.54) is 6.08 Å². The number of ketones is 1. The topological polar surface area (TPSA) is 61.8 Å². The van der Waals surface area contributed by atoms with E-state index in [-0.39, 0.29) is 23.8 Å². The van der Waals surface area contributed by atoms with E-state index >= 15 is 0 Å². The van der Waals surface area contributed by atoms with Gasteiger partial charge in [0.05, 0.1) is 13.7 Å². The summed E-state index contributed by atoms with van der Waals surface area (Å²) in [6.07, 6.45) is 2.77. The average Bonchev–Trinajstić information content (AvgIpc) is 2.52. The Kier molecular flexibility index (Phi) is 7.63. The summed E-state index contributed by atoms with van der Waals surface area (Å²) in [4.78, 5) is 23.4. The molecule has 0 aliphatic rings. The van der Waals surface area contributed by atoms with Crippen LogP contribution in [0.2, 0.25) is 18.1 Å². The van der Waals surface area contributed by atoms with Crippen molar-refractivity contribution in [3.05, 3.63) is 29.8 Å². The van der Waals surface area contributed by atoms with Gasteiger partial charge in [-0.1, -0.05) is 32.9 Å². The van der Waals surface area contributed by atoms with Crippen LogP contribution in [0.5, 0.6) is 11.5 Å². The van der Waals surface area contributed by atoms with Gasteiger partial charge < -0.3 is 13.9 Å². The van der Waals surface area contributed by atoms with Gasteiger partial charge in [0, 0.05) is 5.56 Å². The van der Waals surface area contributed by atoms with Crippen LogP contribution in [0.4, 0.5) is 0 Å². The summed E-state index contributed by atoms with van der Waals surface area (Å²) in [5.41, 5.74) is 0.742. The maximum absolute atomic E-state index is 12.0. The molecular formula is C20H30O5Si. The molecule has 0 saturated carbocycles. The maximum Gasteiger partial charge on any atom is 0.313 e. The molecule has 0 spiro atoms. The second kappa shape index (κ2) is 9.03. The van der Waals surface area contributed by atoms with Gasteiger partial charge in [-0.3, -0.25) is 9.59 Å². The molecule has 1 aromatic rings. The zero-order chi connectivity index (χ0) is 20.0. The number of esters is 1. The summed E-state index contributed by atoms with van der Waals surface area (Å²) >= 11 is 0. The van der Waals surface area contributed by atoms with Crippen LogP contribution in [0.1, 0.15) is 39.7 Å². The molecule has 5 nitrogen and oxygen atoms in total. The van der Waals surface area contributed by atoms with E-state index in [4.69, 9.17) is 13.9 Å². The van der Waals surface area contributed by atoms with Crippen molar-refractivity contribution in [3.63, 3.8) is 0 Å². The van der Waals surface area contributed by atoms with Gasteiger partial charge in [-0.15, -0.1) is 0 Å². The molecule has 26 heavy (non-hydrogen) atoms. The van der Waals surface area contributed by atoms with Crippen LogP contribution in [0, 0.1) is 0 Å². The molecule has 0 aliphatic carbocycles. The van der Waals surface area contributed by atoms with Crippen LogP contribution in [0.3, 0.4) is 0 Å². The Hall–Kier alpha value is -2.08. The molecule has 6 heteroatoms. The Balaban J connectivity index is 3.11. The van der Waals surface area contributed by atoms with E-state index < -0.39 is 14.3 Å². The van der Waals surface area contributed by atoms with Gasteiger partial charge in [0.15, 0.2) is 17.3 Å². The molecule has 0 radical (unpaired) electrons. The first-order valence-corrected chi connectivity index (χ1v) is 11.6. The molecule has 0 aliphatic heterocycles. The zero-order valence-corrected chi connectivity index (χ0v) is 17.8. The number of hydrogen-bond acceptors (Lipinski definition) is 5. The minimum atomic E-state index is -2.09. The first-order chi connectivity index (χ1) is 12.0. The Labute approximate surface area is 157 Å². The van der Waals surface area contributed by atoms with E-state index in [1.54, 1.807) is 20.1 Å². The molecule has 0 unspecified atom stereocenters. The number of carbonyl (C=O) groups is 2. The molecule has 0 saturated heterocycles. The third kappa shape index (κ3) is 6.02. The van der Waals surface area contributed by atoms with Gasteiger partial charge >= 0.3 is 5.97 Å². The highest BCUT2D eigenvalue weighted by Crippen LogP contribution is 2.41. The molecule has 0 fully saturated rings. The van der Waals surface area contributed by atoms with Crippen molar-refractivity contribution >= 4 is 26.1 Å². The minimum Gasteiger partial charge on any atom is -0.541 e. The predicted octanol–water partition coefficient (Wildman–Crippen LogP) is 4.61.